The lowest BCUT2D eigenvalue weighted by Gasteiger charge is -2.16. The van der Waals surface area contributed by atoms with Crippen LogP contribution in [0.25, 0.3) is 0 Å². The van der Waals surface area contributed by atoms with Gasteiger partial charge in [0.15, 0.2) is 0 Å². The number of hydrogen-bond donors (Lipinski definition) is 3. The normalized spacial score (nSPS) is 12.4. The fourth-order valence-corrected chi connectivity index (χ4v) is 3.47. The van der Waals surface area contributed by atoms with Gasteiger partial charge in [-0.15, -0.1) is 0 Å². The lowest BCUT2D eigenvalue weighted by atomic mass is 10.1. The van der Waals surface area contributed by atoms with E-state index in [0.29, 0.717) is 12.8 Å². The van der Waals surface area contributed by atoms with Crippen LogP contribution < -0.4 is 15.3 Å². The second-order valence-electron chi connectivity index (χ2n) is 7.23. The van der Waals surface area contributed by atoms with Crippen molar-refractivity contribution < 1.29 is 40.9 Å². The van der Waals surface area contributed by atoms with Crippen molar-refractivity contribution >= 4 is 22.5 Å². The maximum atomic E-state index is 13.6. The molecule has 13 heteroatoms. The number of nitrogens with two attached hydrogens (primary N) is 1. The third kappa shape index (κ3) is 8.48. The zero-order valence-corrected chi connectivity index (χ0v) is 19.6. The summed E-state index contributed by atoms with van der Waals surface area (Å²) >= 11 is 0.751. The lowest BCUT2D eigenvalue weighted by molar-refractivity contribution is -0.139. The molecule has 0 radical (unpaired) electrons. The molecule has 0 saturated carbocycles. The van der Waals surface area contributed by atoms with Crippen molar-refractivity contribution in [1.29, 1.82) is 5.41 Å². The van der Waals surface area contributed by atoms with E-state index in [1.807, 2.05) is 0 Å². The number of rotatable bonds is 11. The number of thioether (sulfide) groups is 1. The van der Waals surface area contributed by atoms with Crippen LogP contribution in [0, 0.1) is 5.41 Å². The van der Waals surface area contributed by atoms with Crippen molar-refractivity contribution in [3.63, 3.8) is 0 Å². The van der Waals surface area contributed by atoms with E-state index >= 15 is 0 Å². The summed E-state index contributed by atoms with van der Waals surface area (Å²) in [6.45, 7) is 3.05. The summed E-state index contributed by atoms with van der Waals surface area (Å²) in [5, 5.41) is 20.0. The molecule has 2 rings (SSSR count). The summed E-state index contributed by atoms with van der Waals surface area (Å²) in [5.41, 5.74) is -2.04. The molecule has 0 aliphatic carbocycles. The number of alkyl halides is 6. The Morgan fingerprint density at radius 1 is 0.972 bits per heavy atom. The van der Waals surface area contributed by atoms with Gasteiger partial charge in [-0.05, 0) is 55.3 Å². The van der Waals surface area contributed by atoms with Crippen molar-refractivity contribution in [2.75, 3.05) is 19.8 Å². The molecule has 0 unspecified atom stereocenters. The molecule has 0 atom stereocenters. The SMILES string of the molecule is C=C(S/C(=N\N)c1ccc(OCCCCOc2ccc(C(F)(F)F)cc2)c(C(F)(F)F)c1)C(=N)CO. The number of hydrazone groups is 1. The molecule has 2 aromatic carbocycles. The van der Waals surface area contributed by atoms with E-state index in [2.05, 4.69) is 11.7 Å². The fourth-order valence-electron chi connectivity index (χ4n) is 2.75. The first-order valence-electron chi connectivity index (χ1n) is 10.3. The highest BCUT2D eigenvalue weighted by Crippen LogP contribution is 2.38. The monoisotopic (exact) mass is 535 g/mol. The molecule has 196 valence electrons. The van der Waals surface area contributed by atoms with E-state index in [0.717, 1.165) is 36.0 Å². The van der Waals surface area contributed by atoms with Crippen LogP contribution in [0.4, 0.5) is 26.3 Å². The molecule has 0 aliphatic heterocycles. The summed E-state index contributed by atoms with van der Waals surface area (Å²) in [5.74, 6) is 5.14. The number of benzene rings is 2. The van der Waals surface area contributed by atoms with Gasteiger partial charge in [0, 0.05) is 10.5 Å². The third-order valence-corrected chi connectivity index (χ3v) is 5.64. The Balaban J connectivity index is 1.95. The largest absolute Gasteiger partial charge is 0.494 e. The molecule has 0 bridgehead atoms. The van der Waals surface area contributed by atoms with Gasteiger partial charge in [-0.25, -0.2) is 0 Å². The van der Waals surface area contributed by atoms with E-state index < -0.39 is 35.8 Å². The zero-order valence-electron chi connectivity index (χ0n) is 18.7. The minimum atomic E-state index is -4.74. The zero-order chi connectivity index (χ0) is 26.9. The van der Waals surface area contributed by atoms with Gasteiger partial charge in [0.25, 0.3) is 0 Å². The highest BCUT2D eigenvalue weighted by Gasteiger charge is 2.35. The first-order valence-corrected chi connectivity index (χ1v) is 11.2. The van der Waals surface area contributed by atoms with Crippen LogP contribution in [0.2, 0.25) is 0 Å². The van der Waals surface area contributed by atoms with Gasteiger partial charge in [0.1, 0.15) is 16.5 Å². The van der Waals surface area contributed by atoms with Gasteiger partial charge < -0.3 is 25.8 Å². The second-order valence-corrected chi connectivity index (χ2v) is 8.31. The molecule has 0 amide bonds. The Morgan fingerprint density at radius 2 is 1.58 bits per heavy atom. The predicted octanol–water partition coefficient (Wildman–Crippen LogP) is 5.84. The number of ether oxygens (including phenoxy) is 2. The number of aliphatic hydroxyl groups excluding tert-OH is 1. The molecule has 6 nitrogen and oxygen atoms in total. The van der Waals surface area contributed by atoms with Gasteiger partial charge in [0.05, 0.1) is 36.7 Å². The summed E-state index contributed by atoms with van der Waals surface area (Å²) < 4.78 is 89.2. The highest BCUT2D eigenvalue weighted by molar-refractivity contribution is 8.18. The van der Waals surface area contributed by atoms with Crippen LogP contribution in [0.1, 0.15) is 29.5 Å². The third-order valence-electron chi connectivity index (χ3n) is 4.61. The average molecular weight is 536 g/mol. The Bertz CT molecular complexity index is 1090. The molecular formula is C23H23F6N3O3S. The Morgan fingerprint density at radius 3 is 2.11 bits per heavy atom. The molecule has 0 aliphatic rings. The minimum Gasteiger partial charge on any atom is -0.494 e. The maximum absolute atomic E-state index is 13.6. The van der Waals surface area contributed by atoms with E-state index in [9.17, 15) is 26.3 Å². The second kappa shape index (κ2) is 12.7. The summed E-state index contributed by atoms with van der Waals surface area (Å²) in [6, 6.07) is 7.44. The Hall–Kier alpha value is -3.19. The van der Waals surface area contributed by atoms with Crippen LogP contribution in [-0.4, -0.2) is 35.7 Å². The molecule has 0 fully saturated rings. The van der Waals surface area contributed by atoms with Crippen LogP contribution in [0.15, 0.2) is 59.1 Å². The van der Waals surface area contributed by atoms with E-state index in [1.54, 1.807) is 0 Å². The van der Waals surface area contributed by atoms with Gasteiger partial charge >= 0.3 is 12.4 Å². The van der Waals surface area contributed by atoms with E-state index in [1.165, 1.54) is 18.2 Å². The molecule has 0 heterocycles. The van der Waals surface area contributed by atoms with Crippen molar-refractivity contribution in [2.45, 2.75) is 25.2 Å². The minimum absolute atomic E-state index is 0.0269. The average Bonchev–Trinajstić information content (AvgIpc) is 2.83. The number of hydrogen-bond acceptors (Lipinski definition) is 7. The Labute approximate surface area is 207 Å². The number of nitrogens with zero attached hydrogens (tertiary/aromatic N) is 1. The number of unbranched alkanes of at least 4 members (excludes halogenated alkanes) is 1. The van der Waals surface area contributed by atoms with Crippen molar-refractivity contribution in [3.05, 3.63) is 70.6 Å². The highest BCUT2D eigenvalue weighted by atomic mass is 32.2. The first-order chi connectivity index (χ1) is 16.9. The number of halogens is 6. The standard InChI is InChI=1S/C23H23F6N3O3S/c1-14(19(30)13-33)36-21(32-31)15-4-9-20(18(12-15)23(27,28)29)35-11-3-2-10-34-17-7-5-16(6-8-17)22(24,25)26/h4-9,12,30,33H,1-3,10-11,13,31H2/b30-19?,32-21-. The number of aliphatic hydroxyl groups is 1. The van der Waals surface area contributed by atoms with Gasteiger partial charge in [0.2, 0.25) is 0 Å². The van der Waals surface area contributed by atoms with E-state index in [-0.39, 0.29) is 40.2 Å². The van der Waals surface area contributed by atoms with E-state index in [4.69, 9.17) is 25.8 Å². The molecule has 0 spiro atoms. The summed E-state index contributed by atoms with van der Waals surface area (Å²) in [6.07, 6.45) is -8.47. The van der Waals surface area contributed by atoms with Crippen LogP contribution in [-0.2, 0) is 12.4 Å². The first kappa shape index (κ1) is 29.0. The predicted molar refractivity (Wildman–Crippen MR) is 125 cm³/mol. The van der Waals surface area contributed by atoms with Crippen molar-refractivity contribution in [3.8, 4) is 11.5 Å². The van der Waals surface area contributed by atoms with Crippen molar-refractivity contribution in [2.24, 2.45) is 10.9 Å². The summed E-state index contributed by atoms with van der Waals surface area (Å²) in [7, 11) is 0. The molecule has 0 saturated heterocycles. The van der Waals surface area contributed by atoms with Gasteiger partial charge in [-0.3, -0.25) is 0 Å². The smallest absolute Gasteiger partial charge is 0.419 e. The van der Waals surface area contributed by atoms with Gasteiger partial charge in [-0.1, -0.05) is 18.3 Å². The Kier molecular flexibility index (Phi) is 10.2. The molecule has 36 heavy (non-hydrogen) atoms. The van der Waals surface area contributed by atoms with Crippen LogP contribution in [0.5, 0.6) is 11.5 Å². The molecule has 2 aromatic rings. The maximum Gasteiger partial charge on any atom is 0.419 e. The topological polar surface area (TPSA) is 101 Å². The molecular weight excluding hydrogens is 512 g/mol. The van der Waals surface area contributed by atoms with Crippen LogP contribution >= 0.6 is 11.8 Å². The molecule has 4 N–H and O–H groups in total. The fraction of sp³-hybridized carbons (Fsp3) is 0.304. The molecule has 0 aromatic heterocycles. The lowest BCUT2D eigenvalue weighted by Crippen LogP contribution is -2.13. The van der Waals surface area contributed by atoms with Crippen molar-refractivity contribution in [1.82, 2.24) is 0 Å². The quantitative estimate of drug-likeness (QED) is 0.0838. The van der Waals surface area contributed by atoms with Crippen LogP contribution in [0.3, 0.4) is 0 Å². The number of nitrogens with one attached hydrogen (secondary N) is 1. The van der Waals surface area contributed by atoms with Gasteiger partial charge in [-0.2, -0.15) is 31.4 Å². The summed E-state index contributed by atoms with van der Waals surface area (Å²) in [4.78, 5) is 0.0779.